The maximum atomic E-state index is 13.7. The van der Waals surface area contributed by atoms with Gasteiger partial charge in [0.2, 0.25) is 0 Å². The summed E-state index contributed by atoms with van der Waals surface area (Å²) >= 11 is 0. The molecule has 1 atom stereocenters. The number of pyridine rings is 2. The van der Waals surface area contributed by atoms with Crippen molar-refractivity contribution in [2.45, 2.75) is 31.9 Å². The minimum Gasteiger partial charge on any atom is -0.381 e. The lowest BCUT2D eigenvalue weighted by Crippen LogP contribution is -2.23. The van der Waals surface area contributed by atoms with Crippen LogP contribution in [0.1, 0.15) is 39.3 Å². The maximum absolute atomic E-state index is 13.7. The highest BCUT2D eigenvalue weighted by Gasteiger charge is 2.26. The Kier molecular flexibility index (Phi) is 5.31. The number of anilines is 1. The van der Waals surface area contributed by atoms with Crippen molar-refractivity contribution in [3.8, 4) is 6.07 Å². The SMILES string of the molecule is N#Cc1cc(CC(=O)c2cc(N3CC[C@H](F)C3)nc3c2CCOCC3)ccn1. The van der Waals surface area contributed by atoms with Crippen LogP contribution in [-0.4, -0.2) is 48.2 Å². The van der Waals surface area contributed by atoms with Crippen molar-refractivity contribution in [2.75, 3.05) is 31.2 Å². The van der Waals surface area contributed by atoms with E-state index in [1.807, 2.05) is 11.0 Å². The number of carbonyl (C=O) groups excluding carboxylic acids is 1. The van der Waals surface area contributed by atoms with Gasteiger partial charge in [0.1, 0.15) is 23.8 Å². The number of ketones is 1. The molecule has 0 aliphatic carbocycles. The monoisotopic (exact) mass is 380 g/mol. The number of hydrogen-bond donors (Lipinski definition) is 0. The number of aromatic nitrogens is 2. The van der Waals surface area contributed by atoms with E-state index >= 15 is 0 Å². The Bertz CT molecular complexity index is 940. The van der Waals surface area contributed by atoms with E-state index in [-0.39, 0.29) is 12.2 Å². The molecular weight excluding hydrogens is 359 g/mol. The molecule has 28 heavy (non-hydrogen) atoms. The van der Waals surface area contributed by atoms with E-state index in [1.54, 1.807) is 24.4 Å². The van der Waals surface area contributed by atoms with Crippen LogP contribution >= 0.6 is 0 Å². The van der Waals surface area contributed by atoms with E-state index in [1.165, 1.54) is 0 Å². The fourth-order valence-electron chi connectivity index (χ4n) is 3.80. The zero-order valence-corrected chi connectivity index (χ0v) is 15.5. The van der Waals surface area contributed by atoms with E-state index in [0.717, 1.165) is 16.8 Å². The Hall–Kier alpha value is -2.85. The molecule has 0 radical (unpaired) electrons. The molecule has 1 fully saturated rings. The molecule has 6 nitrogen and oxygen atoms in total. The highest BCUT2D eigenvalue weighted by atomic mass is 19.1. The van der Waals surface area contributed by atoms with Crippen LogP contribution in [0.15, 0.2) is 24.4 Å². The largest absolute Gasteiger partial charge is 0.381 e. The van der Waals surface area contributed by atoms with Crippen LogP contribution in [0.3, 0.4) is 0 Å². The third kappa shape index (κ3) is 3.87. The second-order valence-electron chi connectivity index (χ2n) is 7.16. The average molecular weight is 380 g/mol. The first-order valence-corrected chi connectivity index (χ1v) is 9.52. The molecule has 2 aromatic rings. The number of fused-ring (bicyclic) bond motifs is 1. The summed E-state index contributed by atoms with van der Waals surface area (Å²) in [6.07, 6.45) is 2.63. The van der Waals surface area contributed by atoms with Crippen LogP contribution in [0.25, 0.3) is 0 Å². The van der Waals surface area contributed by atoms with Crippen molar-refractivity contribution < 1.29 is 13.9 Å². The molecule has 2 aromatic heterocycles. The molecule has 0 unspecified atom stereocenters. The maximum Gasteiger partial charge on any atom is 0.167 e. The van der Waals surface area contributed by atoms with Crippen molar-refractivity contribution in [3.05, 3.63) is 52.5 Å². The van der Waals surface area contributed by atoms with Crippen molar-refractivity contribution in [1.82, 2.24) is 9.97 Å². The molecule has 0 bridgehead atoms. The first kappa shape index (κ1) is 18.5. The van der Waals surface area contributed by atoms with Gasteiger partial charge in [0.15, 0.2) is 5.78 Å². The van der Waals surface area contributed by atoms with Crippen molar-refractivity contribution in [3.63, 3.8) is 0 Å². The van der Waals surface area contributed by atoms with Crippen LogP contribution in [-0.2, 0) is 24.0 Å². The van der Waals surface area contributed by atoms with Gasteiger partial charge >= 0.3 is 0 Å². The number of nitrogens with zero attached hydrogens (tertiary/aromatic N) is 4. The lowest BCUT2D eigenvalue weighted by molar-refractivity contribution is 0.0991. The van der Waals surface area contributed by atoms with E-state index < -0.39 is 6.17 Å². The number of carbonyl (C=O) groups is 1. The molecule has 0 aromatic carbocycles. The highest BCUT2D eigenvalue weighted by molar-refractivity contribution is 5.99. The van der Waals surface area contributed by atoms with Crippen LogP contribution in [0.5, 0.6) is 0 Å². The third-order valence-corrected chi connectivity index (χ3v) is 5.23. The van der Waals surface area contributed by atoms with Crippen molar-refractivity contribution in [1.29, 1.82) is 5.26 Å². The van der Waals surface area contributed by atoms with Gasteiger partial charge in [-0.3, -0.25) is 4.79 Å². The summed E-state index contributed by atoms with van der Waals surface area (Å²) < 4.78 is 19.3. The van der Waals surface area contributed by atoms with Gasteiger partial charge in [-0.2, -0.15) is 5.26 Å². The van der Waals surface area contributed by atoms with Crippen LogP contribution < -0.4 is 4.90 Å². The standard InChI is InChI=1S/C21H21FN4O2/c22-15-2-6-26(13-15)21-11-18(17-3-7-28-8-4-19(17)25-21)20(27)10-14-1-5-24-16(9-14)12-23/h1,5,9,11,15H,2-4,6-8,10,13H2/t15-/m0/s1. The molecule has 2 aliphatic heterocycles. The first-order chi connectivity index (χ1) is 13.6. The molecular formula is C21H21FN4O2. The van der Waals surface area contributed by atoms with Gasteiger partial charge in [-0.25, -0.2) is 14.4 Å². The van der Waals surface area contributed by atoms with E-state index in [2.05, 4.69) is 4.98 Å². The zero-order valence-electron chi connectivity index (χ0n) is 15.5. The minimum atomic E-state index is -0.857. The summed E-state index contributed by atoms with van der Waals surface area (Å²) in [4.78, 5) is 23.8. The number of nitriles is 1. The predicted octanol–water partition coefficient (Wildman–Crippen LogP) is 2.44. The van der Waals surface area contributed by atoms with Gasteiger partial charge in [0.05, 0.1) is 19.8 Å². The highest BCUT2D eigenvalue weighted by Crippen LogP contribution is 2.27. The summed E-state index contributed by atoms with van der Waals surface area (Å²) in [6, 6.07) is 7.18. The number of halogens is 1. The molecule has 2 aliphatic rings. The fourth-order valence-corrected chi connectivity index (χ4v) is 3.80. The molecule has 0 spiro atoms. The fraction of sp³-hybridized carbons (Fsp3) is 0.429. The molecule has 144 valence electrons. The molecule has 0 N–H and O–H groups in total. The van der Waals surface area contributed by atoms with Gasteiger partial charge in [-0.05, 0) is 42.2 Å². The quantitative estimate of drug-likeness (QED) is 0.758. The zero-order chi connectivity index (χ0) is 19.5. The number of ether oxygens (including phenoxy) is 1. The van der Waals surface area contributed by atoms with Crippen LogP contribution in [0.4, 0.5) is 10.2 Å². The van der Waals surface area contributed by atoms with Crippen molar-refractivity contribution >= 4 is 11.6 Å². The number of Topliss-reactive ketones (excluding diaryl/α,β-unsaturated/α-hetero) is 1. The molecule has 1 saturated heterocycles. The smallest absolute Gasteiger partial charge is 0.167 e. The normalized spacial score (nSPS) is 19.0. The molecule has 0 saturated carbocycles. The second-order valence-corrected chi connectivity index (χ2v) is 7.16. The Morgan fingerprint density at radius 2 is 2.21 bits per heavy atom. The van der Waals surface area contributed by atoms with Gasteiger partial charge in [-0.1, -0.05) is 0 Å². The number of alkyl halides is 1. The third-order valence-electron chi connectivity index (χ3n) is 5.23. The summed E-state index contributed by atoms with van der Waals surface area (Å²) in [5.41, 5.74) is 3.46. The van der Waals surface area contributed by atoms with Gasteiger partial charge in [-0.15, -0.1) is 0 Å². The van der Waals surface area contributed by atoms with Crippen molar-refractivity contribution in [2.24, 2.45) is 0 Å². The van der Waals surface area contributed by atoms with Crippen LogP contribution in [0.2, 0.25) is 0 Å². The summed E-state index contributed by atoms with van der Waals surface area (Å²) in [5, 5.41) is 9.03. The van der Waals surface area contributed by atoms with Gasteiger partial charge < -0.3 is 9.64 Å². The molecule has 0 amide bonds. The van der Waals surface area contributed by atoms with Gasteiger partial charge in [0.25, 0.3) is 0 Å². The Morgan fingerprint density at radius 1 is 1.36 bits per heavy atom. The summed E-state index contributed by atoms with van der Waals surface area (Å²) in [5.74, 6) is 0.629. The Balaban J connectivity index is 1.69. The van der Waals surface area contributed by atoms with E-state index in [4.69, 9.17) is 15.0 Å². The van der Waals surface area contributed by atoms with E-state index in [9.17, 15) is 9.18 Å². The lowest BCUT2D eigenvalue weighted by atomic mass is 9.95. The number of rotatable bonds is 4. The number of hydrogen-bond acceptors (Lipinski definition) is 6. The summed E-state index contributed by atoms with van der Waals surface area (Å²) in [6.45, 7) is 2.04. The van der Waals surface area contributed by atoms with Crippen LogP contribution in [0, 0.1) is 11.3 Å². The topological polar surface area (TPSA) is 79.1 Å². The first-order valence-electron chi connectivity index (χ1n) is 9.52. The lowest BCUT2D eigenvalue weighted by Gasteiger charge is -2.20. The molecule has 4 rings (SSSR count). The Labute approximate surface area is 163 Å². The minimum absolute atomic E-state index is 0.0344. The predicted molar refractivity (Wildman–Crippen MR) is 101 cm³/mol. The summed E-state index contributed by atoms with van der Waals surface area (Å²) in [7, 11) is 0. The molecule has 4 heterocycles. The van der Waals surface area contributed by atoms with E-state index in [0.29, 0.717) is 62.6 Å². The average Bonchev–Trinajstić information content (AvgIpc) is 3.00. The molecule has 7 heteroatoms. The Morgan fingerprint density at radius 3 is 3.00 bits per heavy atom. The second kappa shape index (κ2) is 8.03. The van der Waals surface area contributed by atoms with Gasteiger partial charge in [0, 0.05) is 36.8 Å².